The second-order valence-electron chi connectivity index (χ2n) is 10.9. The van der Waals surface area contributed by atoms with Crippen LogP contribution in [-0.4, -0.2) is 35.5 Å². The SMILES string of the molecule is CCC1c2cc(-c3c(F)cccc3F)nnc2C(C)(c2cccc(-c3nnc(C(C)(C)O)[nH]3)n2)C1(C)C. The van der Waals surface area contributed by atoms with Crippen LogP contribution < -0.4 is 0 Å². The van der Waals surface area contributed by atoms with Crippen molar-refractivity contribution in [2.75, 3.05) is 0 Å². The summed E-state index contributed by atoms with van der Waals surface area (Å²) < 4.78 is 29.1. The lowest BCUT2D eigenvalue weighted by atomic mass is 9.62. The lowest BCUT2D eigenvalue weighted by Gasteiger charge is -2.41. The van der Waals surface area contributed by atoms with E-state index in [1.807, 2.05) is 18.2 Å². The molecule has 2 N–H and O–H groups in total. The summed E-state index contributed by atoms with van der Waals surface area (Å²) >= 11 is 0. The third-order valence-corrected chi connectivity index (χ3v) is 8.03. The zero-order valence-electron chi connectivity index (χ0n) is 21.8. The van der Waals surface area contributed by atoms with Crippen molar-refractivity contribution in [3.8, 4) is 22.8 Å². The highest BCUT2D eigenvalue weighted by molar-refractivity contribution is 5.63. The predicted octanol–water partition coefficient (Wildman–Crippen LogP) is 5.67. The molecule has 1 aromatic carbocycles. The van der Waals surface area contributed by atoms with Crippen molar-refractivity contribution in [3.63, 3.8) is 0 Å². The lowest BCUT2D eigenvalue weighted by molar-refractivity contribution is 0.0692. The van der Waals surface area contributed by atoms with Crippen LogP contribution in [0.3, 0.4) is 0 Å². The van der Waals surface area contributed by atoms with Crippen molar-refractivity contribution in [3.05, 3.63) is 76.9 Å². The molecule has 0 radical (unpaired) electrons. The van der Waals surface area contributed by atoms with Gasteiger partial charge in [0.05, 0.1) is 28.1 Å². The second kappa shape index (κ2) is 8.48. The first-order chi connectivity index (χ1) is 17.4. The molecule has 3 aromatic heterocycles. The Bertz CT molecular complexity index is 1470. The summed E-state index contributed by atoms with van der Waals surface area (Å²) in [7, 11) is 0. The van der Waals surface area contributed by atoms with Gasteiger partial charge in [0.2, 0.25) is 0 Å². The smallest absolute Gasteiger partial charge is 0.180 e. The summed E-state index contributed by atoms with van der Waals surface area (Å²) in [6.45, 7) is 11.8. The molecule has 0 spiro atoms. The molecule has 0 saturated heterocycles. The molecule has 0 fully saturated rings. The molecule has 7 nitrogen and oxygen atoms in total. The Labute approximate surface area is 214 Å². The molecule has 3 heterocycles. The maximum atomic E-state index is 14.6. The van der Waals surface area contributed by atoms with Crippen LogP contribution in [0.25, 0.3) is 22.8 Å². The topological polar surface area (TPSA) is 100 Å². The van der Waals surface area contributed by atoms with Crippen LogP contribution in [-0.2, 0) is 11.0 Å². The molecular weight excluding hydrogens is 474 g/mol. The van der Waals surface area contributed by atoms with Crippen molar-refractivity contribution in [2.24, 2.45) is 5.41 Å². The van der Waals surface area contributed by atoms with Gasteiger partial charge in [-0.1, -0.05) is 32.9 Å². The van der Waals surface area contributed by atoms with Crippen molar-refractivity contribution in [1.82, 2.24) is 30.4 Å². The van der Waals surface area contributed by atoms with Gasteiger partial charge in [-0.05, 0) is 74.4 Å². The first-order valence-electron chi connectivity index (χ1n) is 12.4. The zero-order chi connectivity index (χ0) is 26.8. The molecule has 192 valence electrons. The lowest BCUT2D eigenvalue weighted by Crippen LogP contribution is -2.40. The number of H-pyrrole nitrogens is 1. The summed E-state index contributed by atoms with van der Waals surface area (Å²) in [6, 6.07) is 11.2. The molecule has 5 rings (SSSR count). The fourth-order valence-electron chi connectivity index (χ4n) is 5.65. The maximum absolute atomic E-state index is 14.6. The van der Waals surface area contributed by atoms with E-state index in [2.05, 4.69) is 53.1 Å². The molecule has 1 aliphatic rings. The number of rotatable bonds is 5. The van der Waals surface area contributed by atoms with Gasteiger partial charge in [0.25, 0.3) is 0 Å². The van der Waals surface area contributed by atoms with E-state index in [9.17, 15) is 13.9 Å². The van der Waals surface area contributed by atoms with Gasteiger partial charge in [-0.15, -0.1) is 15.3 Å². The minimum absolute atomic E-state index is 0.0501. The van der Waals surface area contributed by atoms with Gasteiger partial charge < -0.3 is 10.1 Å². The van der Waals surface area contributed by atoms with Crippen LogP contribution in [0.4, 0.5) is 8.78 Å². The monoisotopic (exact) mass is 504 g/mol. The first-order valence-corrected chi connectivity index (χ1v) is 12.4. The summed E-state index contributed by atoms with van der Waals surface area (Å²) in [4.78, 5) is 8.02. The number of aliphatic hydroxyl groups is 1. The third kappa shape index (κ3) is 3.75. The van der Waals surface area contributed by atoms with Gasteiger partial charge in [0.15, 0.2) is 11.6 Å². The number of hydrogen-bond acceptors (Lipinski definition) is 6. The van der Waals surface area contributed by atoms with Crippen LogP contribution in [0.15, 0.2) is 42.5 Å². The van der Waals surface area contributed by atoms with E-state index in [1.165, 1.54) is 18.2 Å². The normalized spacial score (nSPS) is 20.7. The third-order valence-electron chi connectivity index (χ3n) is 8.03. The summed E-state index contributed by atoms with van der Waals surface area (Å²) in [6.07, 6.45) is 0.803. The maximum Gasteiger partial charge on any atom is 0.180 e. The molecule has 0 aliphatic heterocycles. The summed E-state index contributed by atoms with van der Waals surface area (Å²) in [5.74, 6) is -0.503. The zero-order valence-corrected chi connectivity index (χ0v) is 21.8. The fourth-order valence-corrected chi connectivity index (χ4v) is 5.65. The Morgan fingerprint density at radius 3 is 2.24 bits per heavy atom. The van der Waals surface area contributed by atoms with Gasteiger partial charge >= 0.3 is 0 Å². The van der Waals surface area contributed by atoms with Crippen molar-refractivity contribution in [1.29, 1.82) is 0 Å². The first kappa shape index (κ1) is 25.1. The van der Waals surface area contributed by atoms with Crippen LogP contribution in [0, 0.1) is 17.0 Å². The molecule has 0 bridgehead atoms. The summed E-state index contributed by atoms with van der Waals surface area (Å²) in [5.41, 5.74) is 0.837. The number of halogens is 2. The van der Waals surface area contributed by atoms with E-state index in [1.54, 1.807) is 19.9 Å². The second-order valence-corrected chi connectivity index (χ2v) is 10.9. The highest BCUT2D eigenvalue weighted by atomic mass is 19.1. The van der Waals surface area contributed by atoms with Crippen LogP contribution in [0.5, 0.6) is 0 Å². The van der Waals surface area contributed by atoms with Crippen LogP contribution in [0.1, 0.15) is 76.7 Å². The number of fused-ring (bicyclic) bond motifs is 1. The minimum Gasteiger partial charge on any atom is -0.382 e. The number of hydrogen-bond donors (Lipinski definition) is 2. The number of pyridine rings is 1. The van der Waals surface area contributed by atoms with E-state index < -0.39 is 22.7 Å². The largest absolute Gasteiger partial charge is 0.382 e. The van der Waals surface area contributed by atoms with Crippen molar-refractivity contribution in [2.45, 2.75) is 64.9 Å². The summed E-state index contributed by atoms with van der Waals surface area (Å²) in [5, 5.41) is 27.4. The molecule has 2 atom stereocenters. The predicted molar refractivity (Wildman–Crippen MR) is 136 cm³/mol. The van der Waals surface area contributed by atoms with E-state index in [4.69, 9.17) is 4.98 Å². The molecule has 9 heteroatoms. The average molecular weight is 505 g/mol. The molecule has 0 saturated carbocycles. The molecule has 2 unspecified atom stereocenters. The van der Waals surface area contributed by atoms with E-state index in [-0.39, 0.29) is 22.6 Å². The van der Waals surface area contributed by atoms with Gasteiger partial charge in [0.1, 0.15) is 22.9 Å². The number of nitrogens with one attached hydrogen (secondary N) is 1. The molecule has 1 aliphatic carbocycles. The van der Waals surface area contributed by atoms with Gasteiger partial charge in [-0.2, -0.15) is 5.10 Å². The van der Waals surface area contributed by atoms with Crippen molar-refractivity contribution < 1.29 is 13.9 Å². The molecule has 4 aromatic rings. The van der Waals surface area contributed by atoms with Gasteiger partial charge in [-0.3, -0.25) is 0 Å². The quantitative estimate of drug-likeness (QED) is 0.363. The average Bonchev–Trinajstić information content (AvgIpc) is 3.40. The highest BCUT2D eigenvalue weighted by Gasteiger charge is 2.57. The Morgan fingerprint density at radius 1 is 0.946 bits per heavy atom. The number of nitrogens with zero attached hydrogens (tertiary/aromatic N) is 5. The Balaban J connectivity index is 1.66. The van der Waals surface area contributed by atoms with Gasteiger partial charge in [0, 0.05) is 0 Å². The van der Waals surface area contributed by atoms with Crippen LogP contribution >= 0.6 is 0 Å². The molecular formula is C28H30F2N6O. The van der Waals surface area contributed by atoms with E-state index >= 15 is 0 Å². The fraction of sp³-hybridized carbons (Fsp3) is 0.393. The van der Waals surface area contributed by atoms with E-state index in [0.29, 0.717) is 17.3 Å². The Kier molecular flexibility index (Phi) is 5.75. The van der Waals surface area contributed by atoms with Crippen molar-refractivity contribution >= 4 is 0 Å². The van der Waals surface area contributed by atoms with E-state index in [0.717, 1.165) is 23.4 Å². The number of benzene rings is 1. The van der Waals surface area contributed by atoms with Gasteiger partial charge in [-0.25, -0.2) is 13.8 Å². The molecule has 37 heavy (non-hydrogen) atoms. The minimum atomic E-state index is -1.17. The highest BCUT2D eigenvalue weighted by Crippen LogP contribution is 2.61. The number of aromatic nitrogens is 6. The molecule has 0 amide bonds. The number of aromatic amines is 1. The standard InChI is InChI=1S/C28H30F2N6O/c1-7-16-15-14-20(22-17(29)10-8-11-18(22)30)33-34-23(15)28(6,26(16,2)3)21-13-9-12-19(31-21)24-32-25(36-35-24)27(4,5)37/h8-14,16,37H,7H2,1-6H3,(H,32,35,36). The van der Waals surface area contributed by atoms with Crippen LogP contribution in [0.2, 0.25) is 0 Å². The Morgan fingerprint density at radius 2 is 1.62 bits per heavy atom. The Hall–Kier alpha value is -3.59.